The Bertz CT molecular complexity index is 1420. The molecule has 0 radical (unpaired) electrons. The van der Waals surface area contributed by atoms with Crippen LogP contribution in [0.15, 0.2) is 58.5 Å². The highest BCUT2D eigenvalue weighted by Crippen LogP contribution is 2.38. The third-order valence-corrected chi connectivity index (χ3v) is 6.79. The van der Waals surface area contributed by atoms with Gasteiger partial charge >= 0.3 is 0 Å². The van der Waals surface area contributed by atoms with Crippen LogP contribution in [-0.2, 0) is 4.79 Å². The molecule has 0 bridgehead atoms. The zero-order chi connectivity index (χ0) is 26.9. The van der Waals surface area contributed by atoms with Crippen LogP contribution >= 0.6 is 46.4 Å². The first-order chi connectivity index (χ1) is 17.6. The van der Waals surface area contributed by atoms with Crippen LogP contribution in [0.4, 0.5) is 22.7 Å². The second-order valence-corrected chi connectivity index (χ2v) is 10.1. The highest BCUT2D eigenvalue weighted by atomic mass is 35.5. The molecule has 1 aliphatic heterocycles. The molecular formula is C26H23Cl4N5O2. The first-order valence-electron chi connectivity index (χ1n) is 11.2. The number of hydrogen-bond donors (Lipinski definition) is 2. The number of carbonyl (C=O) groups excluding carboxylic acids is 1. The van der Waals surface area contributed by atoms with Crippen LogP contribution in [0.1, 0.15) is 11.1 Å². The van der Waals surface area contributed by atoms with Crippen molar-refractivity contribution in [1.82, 2.24) is 5.43 Å². The number of amides is 1. The smallest absolute Gasteiger partial charge is 0.299 e. The molecule has 7 nitrogen and oxygen atoms in total. The molecule has 2 N–H and O–H groups in total. The fourth-order valence-corrected chi connectivity index (χ4v) is 4.88. The van der Waals surface area contributed by atoms with Crippen molar-refractivity contribution < 1.29 is 9.90 Å². The Morgan fingerprint density at radius 1 is 0.919 bits per heavy atom. The molecule has 0 saturated carbocycles. The molecule has 192 valence electrons. The molecular weight excluding hydrogens is 556 g/mol. The maximum atomic E-state index is 13.7. The summed E-state index contributed by atoms with van der Waals surface area (Å²) >= 11 is 25.3. The second kappa shape index (κ2) is 11.3. The van der Waals surface area contributed by atoms with E-state index < -0.39 is 5.91 Å². The summed E-state index contributed by atoms with van der Waals surface area (Å²) in [6.07, 6.45) is 0. The van der Waals surface area contributed by atoms with E-state index in [2.05, 4.69) is 15.4 Å². The monoisotopic (exact) mass is 577 g/mol. The van der Waals surface area contributed by atoms with E-state index in [0.717, 1.165) is 16.8 Å². The number of rotatable bonds is 6. The minimum Gasteiger partial charge on any atom is -0.395 e. The van der Waals surface area contributed by atoms with Gasteiger partial charge in [0.15, 0.2) is 11.5 Å². The number of hydrogen-bond acceptors (Lipinski definition) is 5. The van der Waals surface area contributed by atoms with Gasteiger partial charge in [-0.25, -0.2) is 15.0 Å². The van der Waals surface area contributed by atoms with Gasteiger partial charge in [0.2, 0.25) is 0 Å². The highest BCUT2D eigenvalue weighted by Gasteiger charge is 2.37. The van der Waals surface area contributed by atoms with E-state index in [1.165, 1.54) is 17.1 Å². The number of carbonyl (C=O) groups is 1. The lowest BCUT2D eigenvalue weighted by Crippen LogP contribution is -2.36. The number of hydrazine groups is 1. The Hall–Kier alpha value is -2.81. The van der Waals surface area contributed by atoms with Crippen molar-refractivity contribution in [2.45, 2.75) is 13.8 Å². The number of nitrogens with zero attached hydrogens (tertiary/aromatic N) is 4. The van der Waals surface area contributed by atoms with E-state index in [1.807, 2.05) is 44.0 Å². The van der Waals surface area contributed by atoms with E-state index in [-0.39, 0.29) is 33.9 Å². The molecule has 1 amide bonds. The Morgan fingerprint density at radius 2 is 1.62 bits per heavy atom. The Balaban J connectivity index is 1.84. The topological polar surface area (TPSA) is 80.5 Å². The van der Waals surface area contributed by atoms with Crippen molar-refractivity contribution in [2.24, 2.45) is 9.98 Å². The number of nitrogens with one attached hydrogen (secondary N) is 1. The van der Waals surface area contributed by atoms with Crippen LogP contribution in [0.25, 0.3) is 0 Å². The predicted molar refractivity (Wildman–Crippen MR) is 154 cm³/mol. The van der Waals surface area contributed by atoms with E-state index in [1.54, 1.807) is 18.2 Å². The second-order valence-electron chi connectivity index (χ2n) is 8.46. The molecule has 1 aliphatic rings. The average molecular weight is 579 g/mol. The third kappa shape index (κ3) is 5.87. The zero-order valence-corrected chi connectivity index (χ0v) is 23.2. The molecule has 1 saturated heterocycles. The van der Waals surface area contributed by atoms with Gasteiger partial charge in [-0.05, 0) is 67.4 Å². The molecule has 3 aromatic rings. The summed E-state index contributed by atoms with van der Waals surface area (Å²) in [5, 5.41) is 11.5. The summed E-state index contributed by atoms with van der Waals surface area (Å²) in [5.41, 5.74) is 7.00. The largest absolute Gasteiger partial charge is 0.395 e. The maximum Gasteiger partial charge on any atom is 0.299 e. The quantitative estimate of drug-likeness (QED) is 0.341. The standard InChI is InChI=1S/C26H23Cl4N5O2/c1-14-4-6-18(28)22(10-14)32-25-23(31-21-7-5-17(11-15(21)2)34(3)8-9-36)26(37)35(33-25)24-19(29)12-16(27)13-20(24)30/h4-7,10-13,36H,8-9H2,1-3H3,(H,32,33). The molecule has 0 aromatic heterocycles. The van der Waals surface area contributed by atoms with Crippen LogP contribution in [0.5, 0.6) is 0 Å². The maximum absolute atomic E-state index is 13.7. The van der Waals surface area contributed by atoms with Crippen molar-refractivity contribution in [3.63, 3.8) is 0 Å². The number of halogens is 4. The lowest BCUT2D eigenvalue weighted by molar-refractivity contribution is -0.112. The van der Waals surface area contributed by atoms with Crippen LogP contribution in [-0.4, -0.2) is 42.8 Å². The first kappa shape index (κ1) is 27.2. The van der Waals surface area contributed by atoms with Crippen molar-refractivity contribution in [3.8, 4) is 0 Å². The van der Waals surface area contributed by atoms with Crippen molar-refractivity contribution in [3.05, 3.63) is 79.7 Å². The summed E-state index contributed by atoms with van der Waals surface area (Å²) in [4.78, 5) is 24.9. The lowest BCUT2D eigenvalue weighted by Gasteiger charge is -2.19. The number of amidine groups is 1. The van der Waals surface area contributed by atoms with Crippen molar-refractivity contribution in [1.29, 1.82) is 0 Å². The predicted octanol–water partition coefficient (Wildman–Crippen LogP) is 6.70. The number of benzene rings is 3. The highest BCUT2D eigenvalue weighted by molar-refractivity contribution is 6.72. The third-order valence-electron chi connectivity index (χ3n) is 5.68. The van der Waals surface area contributed by atoms with E-state index in [0.29, 0.717) is 28.0 Å². The van der Waals surface area contributed by atoms with Gasteiger partial charge in [0, 0.05) is 24.3 Å². The number of aliphatic hydroxyl groups is 1. The van der Waals surface area contributed by atoms with E-state index >= 15 is 0 Å². The molecule has 0 spiro atoms. The molecule has 11 heteroatoms. The number of aryl methyl sites for hydroxylation is 2. The summed E-state index contributed by atoms with van der Waals surface area (Å²) < 4.78 is 0. The average Bonchev–Trinajstić information content (AvgIpc) is 3.11. The summed E-state index contributed by atoms with van der Waals surface area (Å²) in [5.74, 6) is -0.324. The molecule has 0 aliphatic carbocycles. The van der Waals surface area contributed by atoms with Gasteiger partial charge in [0.1, 0.15) is 5.69 Å². The van der Waals surface area contributed by atoms with Crippen LogP contribution < -0.4 is 15.3 Å². The molecule has 3 aromatic carbocycles. The fourth-order valence-electron chi connectivity index (χ4n) is 3.73. The van der Waals surface area contributed by atoms with Gasteiger partial charge in [-0.3, -0.25) is 10.2 Å². The van der Waals surface area contributed by atoms with Gasteiger partial charge in [0.25, 0.3) is 5.91 Å². The fraction of sp³-hybridized carbons (Fsp3) is 0.192. The Labute approximate surface area is 234 Å². The number of aliphatic hydroxyl groups excluding tert-OH is 1. The summed E-state index contributed by atoms with van der Waals surface area (Å²) in [6.45, 7) is 4.33. The zero-order valence-electron chi connectivity index (χ0n) is 20.2. The number of anilines is 2. The number of likely N-dealkylation sites (N-methyl/N-ethyl adjacent to an activating group) is 1. The van der Waals surface area contributed by atoms with Gasteiger partial charge in [0.05, 0.1) is 33.0 Å². The van der Waals surface area contributed by atoms with Crippen molar-refractivity contribution >= 4 is 86.6 Å². The lowest BCUT2D eigenvalue weighted by atomic mass is 10.1. The normalized spacial score (nSPS) is 15.6. The molecule has 1 heterocycles. The minimum absolute atomic E-state index is 0.0345. The molecule has 1 fully saturated rings. The van der Waals surface area contributed by atoms with E-state index in [9.17, 15) is 9.90 Å². The van der Waals surface area contributed by atoms with Gasteiger partial charge in [-0.2, -0.15) is 0 Å². The Kier molecular flexibility index (Phi) is 8.31. The SMILES string of the molecule is Cc1ccc(Cl)c(N=C2NN(c3c(Cl)cc(Cl)cc3Cl)C(=O)C2=Nc2ccc(N(C)CCO)cc2C)c1. The van der Waals surface area contributed by atoms with Gasteiger partial charge in [-0.1, -0.05) is 52.5 Å². The van der Waals surface area contributed by atoms with E-state index in [4.69, 9.17) is 46.4 Å². The molecule has 4 rings (SSSR count). The van der Waals surface area contributed by atoms with Crippen LogP contribution in [0, 0.1) is 13.8 Å². The van der Waals surface area contributed by atoms with Crippen LogP contribution in [0.2, 0.25) is 20.1 Å². The van der Waals surface area contributed by atoms with Crippen molar-refractivity contribution in [2.75, 3.05) is 30.1 Å². The van der Waals surface area contributed by atoms with Gasteiger partial charge in [-0.15, -0.1) is 0 Å². The first-order valence-corrected chi connectivity index (χ1v) is 12.7. The summed E-state index contributed by atoms with van der Waals surface area (Å²) in [6, 6.07) is 14.0. The molecule has 0 unspecified atom stereocenters. The summed E-state index contributed by atoms with van der Waals surface area (Å²) in [7, 11) is 1.88. The molecule has 0 atom stereocenters. The minimum atomic E-state index is -0.505. The Morgan fingerprint density at radius 3 is 2.27 bits per heavy atom. The number of aliphatic imine (C=N–C) groups is 2. The molecule has 37 heavy (non-hydrogen) atoms. The van der Waals surface area contributed by atoms with Crippen LogP contribution in [0.3, 0.4) is 0 Å². The van der Waals surface area contributed by atoms with Gasteiger partial charge < -0.3 is 10.0 Å².